The fraction of sp³-hybridized carbons (Fsp3) is 0. The second-order valence-electron chi connectivity index (χ2n) is 2.32. The first-order chi connectivity index (χ1) is 6.34. The normalized spacial score (nSPS) is 9.92. The van der Waals surface area contributed by atoms with Crippen LogP contribution in [0.15, 0.2) is 35.1 Å². The number of halogens is 1. The van der Waals surface area contributed by atoms with Crippen molar-refractivity contribution in [3.63, 3.8) is 0 Å². The molecule has 1 N–H and O–H groups in total. The molecule has 0 saturated carbocycles. The molecule has 0 aliphatic heterocycles. The van der Waals surface area contributed by atoms with Gasteiger partial charge in [-0.05, 0) is 28.1 Å². The van der Waals surface area contributed by atoms with Gasteiger partial charge in [0.25, 0.3) is 0 Å². The maximum Gasteiger partial charge on any atom is 0.341 e. The molecule has 13 heavy (non-hydrogen) atoms. The zero-order valence-electron chi connectivity index (χ0n) is 6.57. The lowest BCUT2D eigenvalue weighted by atomic mass is 10.3. The quantitative estimate of drug-likeness (QED) is 0.876. The van der Waals surface area contributed by atoms with Gasteiger partial charge in [-0.25, -0.2) is 0 Å². The van der Waals surface area contributed by atoms with Crippen LogP contribution in [0, 0.1) is 0 Å². The van der Waals surface area contributed by atoms with Crippen LogP contribution in [0.4, 0.5) is 0 Å². The smallest absolute Gasteiger partial charge is 0.341 e. The van der Waals surface area contributed by atoms with Crippen LogP contribution in [0.2, 0.25) is 0 Å². The zero-order valence-corrected chi connectivity index (χ0v) is 8.15. The number of nitrogens with zero attached hydrogens (tertiary/aromatic N) is 2. The Kier molecular flexibility index (Phi) is 2.27. The van der Waals surface area contributed by atoms with Crippen LogP contribution in [0.25, 0.3) is 0 Å². The monoisotopic (exact) mass is 239 g/mol. The minimum Gasteiger partial charge on any atom is -0.423 e. The van der Waals surface area contributed by atoms with E-state index in [9.17, 15) is 0 Å². The van der Waals surface area contributed by atoms with Gasteiger partial charge in [-0.1, -0.05) is 18.2 Å². The van der Waals surface area contributed by atoms with E-state index in [0.29, 0.717) is 16.5 Å². The molecule has 0 amide bonds. The van der Waals surface area contributed by atoms with Crippen molar-refractivity contribution >= 4 is 15.9 Å². The van der Waals surface area contributed by atoms with Crippen molar-refractivity contribution in [2.45, 2.75) is 0 Å². The van der Waals surface area contributed by atoms with Gasteiger partial charge in [0.05, 0.1) is 0 Å². The molecule has 0 aliphatic carbocycles. The summed E-state index contributed by atoms with van der Waals surface area (Å²) in [6, 6.07) is 9.67. The fourth-order valence-corrected chi connectivity index (χ4v) is 1.11. The Morgan fingerprint density at radius 3 is 2.62 bits per heavy atom. The summed E-state index contributed by atoms with van der Waals surface area (Å²) >= 11 is 3.14. The van der Waals surface area contributed by atoms with Crippen LogP contribution in [0.5, 0.6) is 11.8 Å². The Bertz CT molecular complexity index is 387. The number of ether oxygens (including phenoxy) is 1. The number of rotatable bonds is 2. The molecular weight excluding hydrogens is 234 g/mol. The summed E-state index contributed by atoms with van der Waals surface area (Å²) in [5.41, 5.74) is 0. The number of hydrogen-bond donors (Lipinski definition) is 1. The van der Waals surface area contributed by atoms with Crippen LogP contribution in [0.1, 0.15) is 0 Å². The molecule has 5 heteroatoms. The van der Waals surface area contributed by atoms with Crippen molar-refractivity contribution in [1.82, 2.24) is 15.2 Å². The van der Waals surface area contributed by atoms with Crippen molar-refractivity contribution in [3.05, 3.63) is 35.1 Å². The topological polar surface area (TPSA) is 50.8 Å². The van der Waals surface area contributed by atoms with E-state index in [1.165, 1.54) is 0 Å². The van der Waals surface area contributed by atoms with E-state index in [1.807, 2.05) is 30.3 Å². The minimum atomic E-state index is 0.304. The van der Waals surface area contributed by atoms with Crippen LogP contribution in [-0.4, -0.2) is 15.2 Å². The van der Waals surface area contributed by atoms with Crippen molar-refractivity contribution in [3.8, 4) is 11.8 Å². The predicted octanol–water partition coefficient (Wildman–Crippen LogP) is 2.36. The molecule has 0 unspecified atom stereocenters. The molecule has 1 aromatic carbocycles. The lowest BCUT2D eigenvalue weighted by Gasteiger charge is -1.97. The molecule has 2 rings (SSSR count). The van der Waals surface area contributed by atoms with Crippen LogP contribution >= 0.6 is 15.9 Å². The summed E-state index contributed by atoms with van der Waals surface area (Å²) in [5, 5.41) is 6.43. The van der Waals surface area contributed by atoms with Gasteiger partial charge in [0.15, 0.2) is 4.73 Å². The Labute approximate surface area is 83.1 Å². The molecule has 1 heterocycles. The number of H-pyrrole nitrogens is 1. The zero-order chi connectivity index (χ0) is 9.10. The molecule has 0 radical (unpaired) electrons. The largest absolute Gasteiger partial charge is 0.423 e. The molecule has 0 spiro atoms. The molecule has 0 aliphatic rings. The Morgan fingerprint density at radius 1 is 1.23 bits per heavy atom. The molecule has 0 saturated heterocycles. The van der Waals surface area contributed by atoms with E-state index in [2.05, 4.69) is 31.1 Å². The summed E-state index contributed by atoms with van der Waals surface area (Å²) < 4.78 is 5.87. The lowest BCUT2D eigenvalue weighted by molar-refractivity contribution is 0.444. The summed E-state index contributed by atoms with van der Waals surface area (Å²) in [7, 11) is 0. The number of hydrogen-bond acceptors (Lipinski definition) is 3. The van der Waals surface area contributed by atoms with E-state index < -0.39 is 0 Å². The van der Waals surface area contributed by atoms with Crippen LogP contribution < -0.4 is 4.74 Å². The van der Waals surface area contributed by atoms with Gasteiger partial charge in [0.1, 0.15) is 5.75 Å². The second kappa shape index (κ2) is 3.57. The average molecular weight is 240 g/mol. The highest BCUT2D eigenvalue weighted by atomic mass is 79.9. The van der Waals surface area contributed by atoms with Gasteiger partial charge in [-0.3, -0.25) is 5.10 Å². The van der Waals surface area contributed by atoms with E-state index >= 15 is 0 Å². The predicted molar refractivity (Wildman–Crippen MR) is 50.6 cm³/mol. The number of para-hydroxylation sites is 1. The van der Waals surface area contributed by atoms with Gasteiger partial charge in [-0.15, -0.1) is 5.10 Å². The van der Waals surface area contributed by atoms with Gasteiger partial charge < -0.3 is 4.74 Å². The van der Waals surface area contributed by atoms with Crippen molar-refractivity contribution in [2.75, 3.05) is 0 Å². The number of aromatic amines is 1. The highest BCUT2D eigenvalue weighted by molar-refractivity contribution is 9.10. The highest BCUT2D eigenvalue weighted by Gasteiger charge is 2.01. The van der Waals surface area contributed by atoms with E-state index in [1.54, 1.807) is 0 Å². The fourth-order valence-electron chi connectivity index (χ4n) is 0.868. The molecule has 4 nitrogen and oxygen atoms in total. The second-order valence-corrected chi connectivity index (χ2v) is 3.08. The van der Waals surface area contributed by atoms with Crippen molar-refractivity contribution in [1.29, 1.82) is 0 Å². The van der Waals surface area contributed by atoms with Gasteiger partial charge in [0, 0.05) is 0 Å². The molecule has 66 valence electrons. The maximum atomic E-state index is 5.32. The summed E-state index contributed by atoms with van der Waals surface area (Å²) in [6.45, 7) is 0. The Balaban J connectivity index is 2.15. The molecule has 1 aromatic heterocycles. The third kappa shape index (κ3) is 2.06. The lowest BCUT2D eigenvalue weighted by Crippen LogP contribution is -1.84. The first kappa shape index (κ1) is 8.25. The van der Waals surface area contributed by atoms with Crippen molar-refractivity contribution in [2.24, 2.45) is 0 Å². The number of benzene rings is 1. The number of nitrogens with one attached hydrogen (secondary N) is 1. The standard InChI is InChI=1S/C8H6BrN3O/c9-7-10-8(12-11-7)13-6-4-2-1-3-5-6/h1-5H,(H,10,11,12). The van der Waals surface area contributed by atoms with Crippen LogP contribution in [-0.2, 0) is 0 Å². The maximum absolute atomic E-state index is 5.32. The van der Waals surface area contributed by atoms with Gasteiger partial charge in [-0.2, -0.15) is 4.98 Å². The molecular formula is C8H6BrN3O. The molecule has 0 atom stereocenters. The third-order valence-electron chi connectivity index (χ3n) is 1.39. The first-order valence-electron chi connectivity index (χ1n) is 3.65. The van der Waals surface area contributed by atoms with Gasteiger partial charge in [0.2, 0.25) is 0 Å². The van der Waals surface area contributed by atoms with Gasteiger partial charge >= 0.3 is 6.01 Å². The molecule has 2 aromatic rings. The summed E-state index contributed by atoms with van der Waals surface area (Å²) in [5.74, 6) is 0.717. The molecule has 0 bridgehead atoms. The summed E-state index contributed by atoms with van der Waals surface area (Å²) in [4.78, 5) is 3.93. The number of aromatic nitrogens is 3. The Morgan fingerprint density at radius 2 is 2.00 bits per heavy atom. The summed E-state index contributed by atoms with van der Waals surface area (Å²) in [6.07, 6.45) is 0. The van der Waals surface area contributed by atoms with E-state index in [-0.39, 0.29) is 0 Å². The van der Waals surface area contributed by atoms with Crippen LogP contribution in [0.3, 0.4) is 0 Å². The molecule has 0 fully saturated rings. The SMILES string of the molecule is Brc1nc(Oc2ccccc2)n[nH]1. The first-order valence-corrected chi connectivity index (χ1v) is 4.45. The minimum absolute atomic E-state index is 0.304. The van der Waals surface area contributed by atoms with E-state index in [0.717, 1.165) is 0 Å². The van der Waals surface area contributed by atoms with Crippen molar-refractivity contribution < 1.29 is 4.74 Å². The Hall–Kier alpha value is -1.36. The third-order valence-corrected chi connectivity index (χ3v) is 1.74. The average Bonchev–Trinajstić information content (AvgIpc) is 2.53. The highest BCUT2D eigenvalue weighted by Crippen LogP contribution is 2.17. The van der Waals surface area contributed by atoms with E-state index in [4.69, 9.17) is 4.74 Å².